The number of rotatable bonds is 10. The molecular formula is C30H39ClN2O4S. The van der Waals surface area contributed by atoms with Gasteiger partial charge in [-0.2, -0.15) is 0 Å². The molecule has 0 saturated heterocycles. The van der Waals surface area contributed by atoms with Gasteiger partial charge in [-0.15, -0.1) is 6.58 Å². The molecular weight excluding hydrogens is 520 g/mol. The van der Waals surface area contributed by atoms with Crippen molar-refractivity contribution in [3.63, 3.8) is 0 Å². The number of carbonyl (C=O) groups is 1. The summed E-state index contributed by atoms with van der Waals surface area (Å²) in [6, 6.07) is 11.5. The molecule has 1 aliphatic carbocycles. The van der Waals surface area contributed by atoms with Gasteiger partial charge in [0.2, 0.25) is 0 Å². The summed E-state index contributed by atoms with van der Waals surface area (Å²) in [4.78, 5) is 15.2. The number of carbonyl (C=O) groups excluding carboxylic acids is 1. The van der Waals surface area contributed by atoms with Gasteiger partial charge in [0.05, 0.1) is 18.4 Å². The maximum atomic E-state index is 12.9. The summed E-state index contributed by atoms with van der Waals surface area (Å²) in [6.07, 6.45) is 5.06. The van der Waals surface area contributed by atoms with Crippen molar-refractivity contribution in [2.45, 2.75) is 63.7 Å². The quantitative estimate of drug-likeness (QED) is 0.368. The molecule has 206 valence electrons. The van der Waals surface area contributed by atoms with Gasteiger partial charge in [-0.1, -0.05) is 37.1 Å². The molecule has 1 fully saturated rings. The molecule has 8 heteroatoms. The van der Waals surface area contributed by atoms with Gasteiger partial charge in [0.25, 0.3) is 5.91 Å². The lowest BCUT2D eigenvalue weighted by Crippen LogP contribution is -2.43. The van der Waals surface area contributed by atoms with E-state index in [0.717, 1.165) is 48.7 Å². The summed E-state index contributed by atoms with van der Waals surface area (Å²) >= 11 is 6.35. The highest BCUT2D eigenvalue weighted by atomic mass is 35.5. The highest BCUT2D eigenvalue weighted by molar-refractivity contribution is 7.84. The second-order valence-electron chi connectivity index (χ2n) is 10.7. The van der Waals surface area contributed by atoms with Crippen LogP contribution < -0.4 is 14.4 Å². The molecule has 1 amide bonds. The number of anilines is 1. The Hall–Kier alpha value is -2.35. The summed E-state index contributed by atoms with van der Waals surface area (Å²) in [6.45, 7) is 11.5. The van der Waals surface area contributed by atoms with Gasteiger partial charge < -0.3 is 14.7 Å². The first-order valence-electron chi connectivity index (χ1n) is 13.5. The first-order valence-corrected chi connectivity index (χ1v) is 15.1. The van der Waals surface area contributed by atoms with Crippen LogP contribution in [0.4, 0.5) is 5.69 Å². The highest BCUT2D eigenvalue weighted by Gasteiger charge is 2.38. The molecule has 0 spiro atoms. The minimum absolute atomic E-state index is 0.106. The number of fused-ring (bicyclic) bond motifs is 1. The van der Waals surface area contributed by atoms with Crippen LogP contribution >= 0.6 is 11.6 Å². The van der Waals surface area contributed by atoms with E-state index in [0.29, 0.717) is 24.6 Å². The Labute approximate surface area is 234 Å². The average molecular weight is 559 g/mol. The maximum absolute atomic E-state index is 12.9. The van der Waals surface area contributed by atoms with Gasteiger partial charge in [0, 0.05) is 34.8 Å². The van der Waals surface area contributed by atoms with E-state index in [9.17, 15) is 14.1 Å². The number of hydrogen-bond acceptors (Lipinski definition) is 5. The van der Waals surface area contributed by atoms with Crippen LogP contribution in [0.5, 0.6) is 5.75 Å². The van der Waals surface area contributed by atoms with Crippen LogP contribution in [-0.2, 0) is 17.4 Å². The largest absolute Gasteiger partial charge is 0.491 e. The third-order valence-corrected chi connectivity index (χ3v) is 9.22. The van der Waals surface area contributed by atoms with Crippen LogP contribution in [0.2, 0.25) is 5.02 Å². The van der Waals surface area contributed by atoms with Crippen molar-refractivity contribution >= 4 is 34.2 Å². The minimum Gasteiger partial charge on any atom is -0.491 e. The van der Waals surface area contributed by atoms with Crippen LogP contribution in [0.3, 0.4) is 0 Å². The lowest BCUT2D eigenvalue weighted by atomic mass is 9.70. The number of amides is 1. The second kappa shape index (κ2) is 12.7. The van der Waals surface area contributed by atoms with Crippen LogP contribution in [0.15, 0.2) is 49.1 Å². The molecule has 0 aromatic heterocycles. The predicted octanol–water partition coefficient (Wildman–Crippen LogP) is 5.65. The number of nitrogens with zero attached hydrogens (tertiary/aromatic N) is 1. The van der Waals surface area contributed by atoms with Crippen LogP contribution in [0.25, 0.3) is 0 Å². The van der Waals surface area contributed by atoms with Crippen molar-refractivity contribution in [2.24, 2.45) is 11.8 Å². The Morgan fingerprint density at radius 2 is 2.08 bits per heavy atom. The van der Waals surface area contributed by atoms with Gasteiger partial charge in [-0.25, -0.2) is 4.21 Å². The molecule has 1 saturated carbocycles. The van der Waals surface area contributed by atoms with E-state index in [2.05, 4.69) is 35.3 Å². The van der Waals surface area contributed by atoms with Gasteiger partial charge >= 0.3 is 0 Å². The summed E-state index contributed by atoms with van der Waals surface area (Å²) in [5.74, 6) is 0.938. The molecule has 2 aromatic carbocycles. The van der Waals surface area contributed by atoms with Crippen molar-refractivity contribution in [1.82, 2.24) is 4.72 Å². The fourth-order valence-corrected chi connectivity index (χ4v) is 6.18. The molecule has 5 unspecified atom stereocenters. The number of aryl methyl sites for hydroxylation is 1. The van der Waals surface area contributed by atoms with E-state index in [1.807, 2.05) is 18.2 Å². The normalized spacial score (nSPS) is 22.5. The average Bonchev–Trinajstić information content (AvgIpc) is 3.05. The maximum Gasteiger partial charge on any atom is 0.263 e. The Bertz CT molecular complexity index is 1190. The summed E-state index contributed by atoms with van der Waals surface area (Å²) in [7, 11) is -1.46. The Morgan fingerprint density at radius 3 is 2.74 bits per heavy atom. The predicted molar refractivity (Wildman–Crippen MR) is 156 cm³/mol. The summed E-state index contributed by atoms with van der Waals surface area (Å²) in [5, 5.41) is 11.0. The highest BCUT2D eigenvalue weighted by Crippen LogP contribution is 2.42. The first kappa shape index (κ1) is 28.7. The minimum atomic E-state index is -1.46. The zero-order valence-electron chi connectivity index (χ0n) is 22.5. The monoisotopic (exact) mass is 558 g/mol. The summed E-state index contributed by atoms with van der Waals surface area (Å²) in [5.41, 5.74) is 3.76. The lowest BCUT2D eigenvalue weighted by Gasteiger charge is -2.42. The smallest absolute Gasteiger partial charge is 0.263 e. The number of ether oxygens (including phenoxy) is 1. The number of benzene rings is 2. The summed E-state index contributed by atoms with van der Waals surface area (Å²) < 4.78 is 21.2. The molecule has 5 atom stereocenters. The van der Waals surface area contributed by atoms with Crippen molar-refractivity contribution in [3.05, 3.63) is 70.8 Å². The molecule has 1 heterocycles. The molecule has 6 nitrogen and oxygen atoms in total. The van der Waals surface area contributed by atoms with Crippen LogP contribution in [-0.4, -0.2) is 46.3 Å². The third kappa shape index (κ3) is 6.44. The molecule has 2 N–H and O–H groups in total. The Balaban J connectivity index is 1.68. The van der Waals surface area contributed by atoms with Gasteiger partial charge in [0.15, 0.2) is 0 Å². The topological polar surface area (TPSA) is 78.9 Å². The van der Waals surface area contributed by atoms with Crippen molar-refractivity contribution in [2.75, 3.05) is 24.6 Å². The van der Waals surface area contributed by atoms with Gasteiger partial charge in [-0.05, 0) is 86.4 Å². The van der Waals surface area contributed by atoms with E-state index in [1.54, 1.807) is 26.0 Å². The lowest BCUT2D eigenvalue weighted by molar-refractivity contribution is 0.0465. The standard InChI is InChI=1S/C30H39ClN2O4S/c1-5-7-20-14-24(31)10-12-25(20)23-17-33(16-22-8-11-26(22)28(34)6-2)27-15-21(9-13-29(27)37-18-23)30(35)32-38(36)19(3)4/h6,9-10,12-15,19,22-23,26,28,34H,2,5,7-8,11,16-18H2,1,3-4H3,(H,32,35). The van der Waals surface area contributed by atoms with E-state index < -0.39 is 17.1 Å². The Kier molecular flexibility index (Phi) is 9.55. The second-order valence-corrected chi connectivity index (χ2v) is 12.9. The molecule has 0 radical (unpaired) electrons. The molecule has 0 bridgehead atoms. The van der Waals surface area contributed by atoms with Crippen molar-refractivity contribution in [3.8, 4) is 5.75 Å². The SMILES string of the molecule is C=CC(O)C1CCC1CN1CC(c2ccc(Cl)cc2CCC)COc2ccc(C(=O)NS(=O)C(C)C)cc21. The zero-order valence-corrected chi connectivity index (χ0v) is 24.1. The zero-order chi connectivity index (χ0) is 27.4. The van der Waals surface area contributed by atoms with Crippen LogP contribution in [0, 0.1) is 11.8 Å². The molecule has 38 heavy (non-hydrogen) atoms. The van der Waals surface area contributed by atoms with Gasteiger partial charge in [0.1, 0.15) is 16.7 Å². The molecule has 2 aliphatic rings. The van der Waals surface area contributed by atoms with E-state index in [-0.39, 0.29) is 23.0 Å². The molecule has 1 aliphatic heterocycles. The number of hydrogen-bond donors (Lipinski definition) is 2. The first-order chi connectivity index (χ1) is 18.2. The fraction of sp³-hybridized carbons (Fsp3) is 0.500. The number of nitrogens with one attached hydrogen (secondary N) is 1. The molecule has 4 rings (SSSR count). The third-order valence-electron chi connectivity index (χ3n) is 7.74. The van der Waals surface area contributed by atoms with E-state index in [4.69, 9.17) is 16.3 Å². The van der Waals surface area contributed by atoms with Crippen molar-refractivity contribution < 1.29 is 18.8 Å². The number of aliphatic hydroxyl groups is 1. The van der Waals surface area contributed by atoms with Crippen LogP contribution in [0.1, 0.15) is 67.4 Å². The van der Waals surface area contributed by atoms with E-state index in [1.165, 1.54) is 11.1 Å². The van der Waals surface area contributed by atoms with Gasteiger partial charge in [-0.3, -0.25) is 9.52 Å². The Morgan fingerprint density at radius 1 is 1.29 bits per heavy atom. The number of aliphatic hydroxyl groups excluding tert-OH is 1. The fourth-order valence-electron chi connectivity index (χ4n) is 5.45. The van der Waals surface area contributed by atoms with E-state index >= 15 is 0 Å². The molecule has 2 aromatic rings. The van der Waals surface area contributed by atoms with Crippen molar-refractivity contribution in [1.29, 1.82) is 0 Å². The number of halogens is 1.